The molecule has 5 aromatic rings. The van der Waals surface area contributed by atoms with Gasteiger partial charge in [0.05, 0.1) is 5.41 Å². The van der Waals surface area contributed by atoms with E-state index in [2.05, 4.69) is 5.32 Å². The highest BCUT2D eigenvalue weighted by Gasteiger charge is 2.51. The SMILES string of the molecule is CC(OC(=O)Nc1sc2ccccc2c1-c1ccc(-c2ccc(C3(C(=O)O)CC3)cc2)cc1)c1ccccc1Cl. The average molecular weight is 568 g/mol. The number of carbonyl (C=O) groups is 2. The normalized spacial score (nSPS) is 14.4. The van der Waals surface area contributed by atoms with Crippen LogP contribution in [0.1, 0.15) is 37.0 Å². The number of carboxylic acids is 1. The molecule has 200 valence electrons. The summed E-state index contributed by atoms with van der Waals surface area (Å²) >= 11 is 7.79. The second-order valence-electron chi connectivity index (χ2n) is 10.0. The van der Waals surface area contributed by atoms with E-state index < -0.39 is 23.6 Å². The summed E-state index contributed by atoms with van der Waals surface area (Å²) in [7, 11) is 0. The number of hydrogen-bond acceptors (Lipinski definition) is 4. The minimum atomic E-state index is -0.751. The molecule has 1 aliphatic carbocycles. The number of thiophene rings is 1. The molecular formula is C33H26ClNO4S. The van der Waals surface area contributed by atoms with Crippen LogP contribution < -0.4 is 5.32 Å². The highest BCUT2D eigenvalue weighted by molar-refractivity contribution is 7.23. The van der Waals surface area contributed by atoms with Gasteiger partial charge < -0.3 is 9.84 Å². The second-order valence-corrected chi connectivity index (χ2v) is 11.5. The van der Waals surface area contributed by atoms with Crippen molar-refractivity contribution in [3.8, 4) is 22.3 Å². The number of amides is 1. The van der Waals surface area contributed by atoms with Crippen molar-refractivity contribution in [2.75, 3.05) is 5.32 Å². The van der Waals surface area contributed by atoms with Crippen molar-refractivity contribution < 1.29 is 19.4 Å². The van der Waals surface area contributed by atoms with Gasteiger partial charge in [-0.25, -0.2) is 4.79 Å². The van der Waals surface area contributed by atoms with Crippen molar-refractivity contribution in [3.05, 3.63) is 113 Å². The third kappa shape index (κ3) is 4.85. The smallest absolute Gasteiger partial charge is 0.412 e. The van der Waals surface area contributed by atoms with Gasteiger partial charge >= 0.3 is 12.1 Å². The Bertz CT molecular complexity index is 1720. The van der Waals surface area contributed by atoms with Gasteiger partial charge in [-0.15, -0.1) is 11.3 Å². The predicted molar refractivity (Wildman–Crippen MR) is 161 cm³/mol. The average Bonchev–Trinajstić information content (AvgIpc) is 3.70. The molecule has 1 atom stereocenters. The van der Waals surface area contributed by atoms with E-state index in [-0.39, 0.29) is 0 Å². The fourth-order valence-corrected chi connectivity index (χ4v) is 6.53. The quantitative estimate of drug-likeness (QED) is 0.205. The van der Waals surface area contributed by atoms with Gasteiger partial charge in [0, 0.05) is 26.2 Å². The number of carbonyl (C=O) groups excluding carboxylic acids is 1. The molecule has 7 heteroatoms. The van der Waals surface area contributed by atoms with Crippen molar-refractivity contribution in [2.24, 2.45) is 0 Å². The van der Waals surface area contributed by atoms with Gasteiger partial charge in [0.1, 0.15) is 11.1 Å². The Labute approximate surface area is 241 Å². The predicted octanol–water partition coefficient (Wildman–Crippen LogP) is 9.31. The number of ether oxygens (including phenoxy) is 1. The number of hydrogen-bond donors (Lipinski definition) is 2. The second kappa shape index (κ2) is 10.5. The molecule has 0 saturated heterocycles. The zero-order valence-corrected chi connectivity index (χ0v) is 23.3. The Balaban J connectivity index is 1.26. The molecule has 1 aliphatic rings. The topological polar surface area (TPSA) is 75.6 Å². The van der Waals surface area contributed by atoms with Crippen LogP contribution in [-0.2, 0) is 14.9 Å². The molecule has 0 spiro atoms. The zero-order valence-electron chi connectivity index (χ0n) is 21.7. The van der Waals surface area contributed by atoms with Crippen LogP contribution in [0.5, 0.6) is 0 Å². The third-order valence-electron chi connectivity index (χ3n) is 7.54. The number of benzene rings is 4. The van der Waals surface area contributed by atoms with Crippen LogP contribution in [0, 0.1) is 0 Å². The minimum Gasteiger partial charge on any atom is -0.481 e. The molecule has 1 aromatic heterocycles. The van der Waals surface area contributed by atoms with Gasteiger partial charge in [0.2, 0.25) is 0 Å². The Morgan fingerprint density at radius 1 is 0.875 bits per heavy atom. The van der Waals surface area contributed by atoms with Gasteiger partial charge in [-0.3, -0.25) is 10.1 Å². The van der Waals surface area contributed by atoms with Crippen molar-refractivity contribution in [1.82, 2.24) is 0 Å². The maximum Gasteiger partial charge on any atom is 0.412 e. The van der Waals surface area contributed by atoms with Gasteiger partial charge in [0.15, 0.2) is 0 Å². The summed E-state index contributed by atoms with van der Waals surface area (Å²) < 4.78 is 6.73. The van der Waals surface area contributed by atoms with Crippen LogP contribution in [0.4, 0.5) is 9.80 Å². The molecule has 2 N–H and O–H groups in total. The first kappa shape index (κ1) is 26.1. The molecule has 0 bridgehead atoms. The number of halogens is 1. The van der Waals surface area contributed by atoms with E-state index in [0.29, 0.717) is 22.9 Å². The molecule has 5 nitrogen and oxygen atoms in total. The highest BCUT2D eigenvalue weighted by Crippen LogP contribution is 2.49. The summed E-state index contributed by atoms with van der Waals surface area (Å²) in [5, 5.41) is 14.9. The first-order valence-electron chi connectivity index (χ1n) is 13.0. The highest BCUT2D eigenvalue weighted by atomic mass is 35.5. The monoisotopic (exact) mass is 567 g/mol. The van der Waals surface area contributed by atoms with Crippen LogP contribution in [0.15, 0.2) is 97.1 Å². The molecule has 4 aromatic carbocycles. The number of anilines is 1. The van der Waals surface area contributed by atoms with Crippen LogP contribution in [0.2, 0.25) is 5.02 Å². The number of carboxylic acid groups (broad SMARTS) is 1. The summed E-state index contributed by atoms with van der Waals surface area (Å²) in [5.74, 6) is -0.751. The lowest BCUT2D eigenvalue weighted by Crippen LogP contribution is -2.19. The van der Waals surface area contributed by atoms with Crippen molar-refractivity contribution in [3.63, 3.8) is 0 Å². The Morgan fingerprint density at radius 2 is 1.48 bits per heavy atom. The Kier molecular flexibility index (Phi) is 6.82. The standard InChI is InChI=1S/C33H26ClNO4S/c1-20(25-6-2-4-8-27(25)34)39-32(38)35-30-29(26-7-3-5-9-28(26)40-30)23-12-10-21(11-13-23)22-14-16-24(17-15-22)33(18-19-33)31(36)37/h2-17,20H,18-19H2,1H3,(H,35,38)(H,36,37). The van der Waals surface area contributed by atoms with Crippen LogP contribution in [0.25, 0.3) is 32.3 Å². The van der Waals surface area contributed by atoms with E-state index in [1.54, 1.807) is 13.0 Å². The van der Waals surface area contributed by atoms with Crippen molar-refractivity contribution in [2.45, 2.75) is 31.3 Å². The third-order valence-corrected chi connectivity index (χ3v) is 8.97. The largest absolute Gasteiger partial charge is 0.481 e. The summed E-state index contributed by atoms with van der Waals surface area (Å²) in [4.78, 5) is 24.6. The Morgan fingerprint density at radius 3 is 2.12 bits per heavy atom. The number of nitrogens with one attached hydrogen (secondary N) is 1. The summed E-state index contributed by atoms with van der Waals surface area (Å²) in [6, 6.07) is 31.4. The molecule has 1 saturated carbocycles. The fraction of sp³-hybridized carbons (Fsp3) is 0.152. The van der Waals surface area contributed by atoms with Gasteiger partial charge in [-0.1, -0.05) is 96.5 Å². The molecule has 1 heterocycles. The molecule has 0 radical (unpaired) electrons. The summed E-state index contributed by atoms with van der Waals surface area (Å²) in [6.07, 6.45) is 0.316. The van der Waals surface area contributed by atoms with Gasteiger partial charge in [-0.05, 0) is 54.2 Å². The van der Waals surface area contributed by atoms with E-state index in [4.69, 9.17) is 16.3 Å². The molecule has 1 amide bonds. The van der Waals surface area contributed by atoms with Gasteiger partial charge in [-0.2, -0.15) is 0 Å². The lowest BCUT2D eigenvalue weighted by atomic mass is 9.93. The van der Waals surface area contributed by atoms with E-state index in [0.717, 1.165) is 43.5 Å². The van der Waals surface area contributed by atoms with E-state index in [9.17, 15) is 14.7 Å². The van der Waals surface area contributed by atoms with E-state index in [1.807, 2.05) is 91.0 Å². The zero-order chi connectivity index (χ0) is 27.9. The maximum atomic E-state index is 12.9. The molecular weight excluding hydrogens is 542 g/mol. The summed E-state index contributed by atoms with van der Waals surface area (Å²) in [6.45, 7) is 1.80. The van der Waals surface area contributed by atoms with Crippen molar-refractivity contribution >= 4 is 50.1 Å². The molecule has 40 heavy (non-hydrogen) atoms. The molecule has 1 fully saturated rings. The van der Waals surface area contributed by atoms with Crippen molar-refractivity contribution in [1.29, 1.82) is 0 Å². The van der Waals surface area contributed by atoms with Crippen LogP contribution >= 0.6 is 22.9 Å². The first-order chi connectivity index (χ1) is 19.4. The van der Waals surface area contributed by atoms with Gasteiger partial charge in [0.25, 0.3) is 0 Å². The molecule has 6 rings (SSSR count). The minimum absolute atomic E-state index is 0.512. The first-order valence-corrected chi connectivity index (χ1v) is 14.2. The number of rotatable bonds is 7. The number of aliphatic carboxylic acids is 1. The van der Waals surface area contributed by atoms with E-state index in [1.165, 1.54) is 11.3 Å². The maximum absolute atomic E-state index is 12.9. The van der Waals surface area contributed by atoms with E-state index >= 15 is 0 Å². The fourth-order valence-electron chi connectivity index (χ4n) is 5.13. The lowest BCUT2D eigenvalue weighted by molar-refractivity contribution is -0.140. The van der Waals surface area contributed by atoms with Crippen LogP contribution in [0.3, 0.4) is 0 Å². The lowest BCUT2D eigenvalue weighted by Gasteiger charge is -2.15. The Hall–Kier alpha value is -4.13. The molecule has 0 aliphatic heterocycles. The molecule has 1 unspecified atom stereocenters. The van der Waals surface area contributed by atoms with Crippen LogP contribution in [-0.4, -0.2) is 17.2 Å². The summed E-state index contributed by atoms with van der Waals surface area (Å²) in [5.41, 5.74) is 4.83. The number of fused-ring (bicyclic) bond motifs is 1.